The minimum atomic E-state index is 0.0266. The molecule has 0 aliphatic carbocycles. The van der Waals surface area contributed by atoms with E-state index in [4.69, 9.17) is 4.74 Å². The zero-order valence-electron chi connectivity index (χ0n) is 17.3. The van der Waals surface area contributed by atoms with Crippen molar-refractivity contribution >= 4 is 11.7 Å². The summed E-state index contributed by atoms with van der Waals surface area (Å²) in [6, 6.07) is 13.6. The molecule has 1 saturated heterocycles. The van der Waals surface area contributed by atoms with Crippen LogP contribution >= 0.6 is 0 Å². The van der Waals surface area contributed by atoms with E-state index in [-0.39, 0.29) is 11.8 Å². The van der Waals surface area contributed by atoms with Gasteiger partial charge in [0.25, 0.3) is 0 Å². The summed E-state index contributed by atoms with van der Waals surface area (Å²) in [5.41, 5.74) is 2.00. The fourth-order valence-corrected chi connectivity index (χ4v) is 3.60. The first-order chi connectivity index (χ1) is 14.6. The number of anilines is 1. The number of aryl methyl sites for hydroxylation is 1. The average molecular weight is 406 g/mol. The van der Waals surface area contributed by atoms with Crippen LogP contribution in [0.1, 0.15) is 24.1 Å². The van der Waals surface area contributed by atoms with E-state index in [1.165, 1.54) is 0 Å². The highest BCUT2D eigenvalue weighted by atomic mass is 16.5. The van der Waals surface area contributed by atoms with Gasteiger partial charge in [-0.15, -0.1) is 10.2 Å². The second kappa shape index (κ2) is 8.94. The molecule has 4 rings (SSSR count). The van der Waals surface area contributed by atoms with E-state index in [2.05, 4.69) is 25.5 Å². The highest BCUT2D eigenvalue weighted by Crippen LogP contribution is 2.22. The maximum absolute atomic E-state index is 12.5. The van der Waals surface area contributed by atoms with Crippen molar-refractivity contribution in [1.82, 2.24) is 25.3 Å². The number of piperidine rings is 1. The summed E-state index contributed by atoms with van der Waals surface area (Å²) >= 11 is 0. The second-order valence-electron chi connectivity index (χ2n) is 7.48. The van der Waals surface area contributed by atoms with Crippen molar-refractivity contribution < 1.29 is 9.53 Å². The Morgan fingerprint density at radius 3 is 2.37 bits per heavy atom. The Hall–Kier alpha value is -3.42. The summed E-state index contributed by atoms with van der Waals surface area (Å²) in [5.74, 6) is 2.48. The molecule has 3 heterocycles. The number of rotatable bonds is 6. The minimum Gasteiger partial charge on any atom is -0.497 e. The van der Waals surface area contributed by atoms with Crippen LogP contribution in [0.4, 0.5) is 5.82 Å². The van der Waals surface area contributed by atoms with Gasteiger partial charge in [-0.25, -0.2) is 4.68 Å². The van der Waals surface area contributed by atoms with Gasteiger partial charge in [0.2, 0.25) is 5.91 Å². The average Bonchev–Trinajstić information content (AvgIpc) is 3.24. The molecule has 30 heavy (non-hydrogen) atoms. The van der Waals surface area contributed by atoms with Crippen molar-refractivity contribution in [1.29, 1.82) is 0 Å². The number of nitrogens with one attached hydrogen (secondary N) is 1. The van der Waals surface area contributed by atoms with Crippen molar-refractivity contribution in [3.05, 3.63) is 59.9 Å². The van der Waals surface area contributed by atoms with Crippen LogP contribution in [-0.2, 0) is 11.3 Å². The predicted octanol–water partition coefficient (Wildman–Crippen LogP) is 2.51. The number of amides is 1. The van der Waals surface area contributed by atoms with Gasteiger partial charge in [-0.2, -0.15) is 5.10 Å². The maximum atomic E-state index is 12.5. The third-order valence-corrected chi connectivity index (χ3v) is 5.41. The van der Waals surface area contributed by atoms with E-state index in [9.17, 15) is 4.79 Å². The van der Waals surface area contributed by atoms with Crippen molar-refractivity contribution in [2.75, 3.05) is 25.1 Å². The van der Waals surface area contributed by atoms with E-state index in [1.807, 2.05) is 55.6 Å². The van der Waals surface area contributed by atoms with Crippen LogP contribution in [0.2, 0.25) is 0 Å². The highest BCUT2D eigenvalue weighted by Gasteiger charge is 2.25. The van der Waals surface area contributed by atoms with Gasteiger partial charge in [0.15, 0.2) is 11.6 Å². The van der Waals surface area contributed by atoms with Gasteiger partial charge in [0.1, 0.15) is 5.75 Å². The Kier molecular flexibility index (Phi) is 5.92. The van der Waals surface area contributed by atoms with Crippen molar-refractivity contribution in [3.63, 3.8) is 0 Å². The molecule has 1 N–H and O–H groups in total. The lowest BCUT2D eigenvalue weighted by Gasteiger charge is -2.31. The fraction of sp³-hybridized carbons (Fsp3) is 0.364. The zero-order valence-corrected chi connectivity index (χ0v) is 17.3. The molecule has 1 aromatic carbocycles. The number of nitrogens with zero attached hydrogens (tertiary/aromatic N) is 5. The smallest absolute Gasteiger partial charge is 0.223 e. The van der Waals surface area contributed by atoms with Crippen LogP contribution in [0.3, 0.4) is 0 Å². The summed E-state index contributed by atoms with van der Waals surface area (Å²) in [5, 5.41) is 16.0. The van der Waals surface area contributed by atoms with E-state index in [0.29, 0.717) is 12.4 Å². The number of ether oxygens (including phenoxy) is 1. The largest absolute Gasteiger partial charge is 0.497 e. The monoisotopic (exact) mass is 406 g/mol. The third-order valence-electron chi connectivity index (χ3n) is 5.41. The SMILES string of the molecule is COc1ccc(CNC(=O)C2CCN(c3ccc(-n4ccc(C)n4)nn3)CC2)cc1. The number of carbonyl (C=O) groups is 1. The molecule has 0 saturated carbocycles. The van der Waals surface area contributed by atoms with Gasteiger partial charge in [-0.3, -0.25) is 4.79 Å². The van der Waals surface area contributed by atoms with Crippen LogP contribution < -0.4 is 15.0 Å². The number of aromatic nitrogens is 4. The molecule has 0 spiro atoms. The fourth-order valence-electron chi connectivity index (χ4n) is 3.60. The Labute approximate surface area is 175 Å². The van der Waals surface area contributed by atoms with Crippen molar-refractivity contribution in [2.24, 2.45) is 5.92 Å². The molecule has 0 bridgehead atoms. The van der Waals surface area contributed by atoms with Gasteiger partial charge in [0, 0.05) is 31.7 Å². The standard InChI is InChI=1S/C22H26N6O2/c1-16-9-14-28(26-16)21-8-7-20(24-25-21)27-12-10-18(11-13-27)22(29)23-15-17-3-5-19(30-2)6-4-17/h3-9,14,18H,10-13,15H2,1-2H3,(H,23,29). The first-order valence-electron chi connectivity index (χ1n) is 10.1. The first-order valence-corrected chi connectivity index (χ1v) is 10.1. The quantitative estimate of drug-likeness (QED) is 0.677. The van der Waals surface area contributed by atoms with Gasteiger partial charge in [-0.1, -0.05) is 12.1 Å². The summed E-state index contributed by atoms with van der Waals surface area (Å²) in [6.07, 6.45) is 3.47. The van der Waals surface area contributed by atoms with Gasteiger partial charge in [-0.05, 0) is 55.7 Å². The lowest BCUT2D eigenvalue weighted by molar-refractivity contribution is -0.125. The molecule has 1 fully saturated rings. The zero-order chi connectivity index (χ0) is 20.9. The molecule has 1 amide bonds. The molecule has 8 heteroatoms. The van der Waals surface area contributed by atoms with Gasteiger partial charge >= 0.3 is 0 Å². The first kappa shape index (κ1) is 19.9. The number of methoxy groups -OCH3 is 1. The molecular weight excluding hydrogens is 380 g/mol. The molecule has 156 valence electrons. The van der Waals surface area contributed by atoms with Crippen LogP contribution in [0.15, 0.2) is 48.7 Å². The lowest BCUT2D eigenvalue weighted by atomic mass is 9.96. The summed E-state index contributed by atoms with van der Waals surface area (Å²) < 4.78 is 6.87. The molecule has 3 aromatic rings. The maximum Gasteiger partial charge on any atom is 0.223 e. The Balaban J connectivity index is 1.27. The normalized spacial score (nSPS) is 14.5. The number of hydrogen-bond donors (Lipinski definition) is 1. The van der Waals surface area contributed by atoms with E-state index in [1.54, 1.807) is 11.8 Å². The van der Waals surface area contributed by atoms with Crippen molar-refractivity contribution in [3.8, 4) is 11.6 Å². The van der Waals surface area contributed by atoms with E-state index < -0.39 is 0 Å². The third kappa shape index (κ3) is 4.59. The molecule has 0 radical (unpaired) electrons. The van der Waals surface area contributed by atoms with Gasteiger partial charge < -0.3 is 15.0 Å². The van der Waals surface area contributed by atoms with Crippen LogP contribution in [-0.4, -0.2) is 46.1 Å². The van der Waals surface area contributed by atoms with Crippen LogP contribution in [0.5, 0.6) is 5.75 Å². The Morgan fingerprint density at radius 1 is 1.07 bits per heavy atom. The molecule has 0 atom stereocenters. The predicted molar refractivity (Wildman–Crippen MR) is 114 cm³/mol. The minimum absolute atomic E-state index is 0.0266. The Bertz CT molecular complexity index is 976. The Morgan fingerprint density at radius 2 is 1.77 bits per heavy atom. The van der Waals surface area contributed by atoms with Crippen molar-refractivity contribution in [2.45, 2.75) is 26.3 Å². The number of benzene rings is 1. The molecular formula is C22H26N6O2. The second-order valence-corrected chi connectivity index (χ2v) is 7.48. The highest BCUT2D eigenvalue weighted by molar-refractivity contribution is 5.79. The summed E-state index contributed by atoms with van der Waals surface area (Å²) in [6.45, 7) is 4.05. The number of hydrogen-bond acceptors (Lipinski definition) is 6. The van der Waals surface area contributed by atoms with Gasteiger partial charge in [0.05, 0.1) is 12.8 Å². The van der Waals surface area contributed by atoms with Crippen LogP contribution in [0, 0.1) is 12.8 Å². The molecule has 8 nitrogen and oxygen atoms in total. The number of carbonyl (C=O) groups excluding carboxylic acids is 1. The van der Waals surface area contributed by atoms with E-state index in [0.717, 1.165) is 48.8 Å². The topological polar surface area (TPSA) is 85.2 Å². The lowest BCUT2D eigenvalue weighted by Crippen LogP contribution is -2.40. The molecule has 1 aliphatic rings. The molecule has 2 aromatic heterocycles. The molecule has 0 unspecified atom stereocenters. The summed E-state index contributed by atoms with van der Waals surface area (Å²) in [4.78, 5) is 14.7. The summed E-state index contributed by atoms with van der Waals surface area (Å²) in [7, 11) is 1.64. The molecule has 1 aliphatic heterocycles. The van der Waals surface area contributed by atoms with E-state index >= 15 is 0 Å². The van der Waals surface area contributed by atoms with Crippen LogP contribution in [0.25, 0.3) is 5.82 Å².